The average molecular weight is 388 g/mol. The van der Waals surface area contributed by atoms with Gasteiger partial charge in [-0.3, -0.25) is 4.79 Å². The lowest BCUT2D eigenvalue weighted by Crippen LogP contribution is -2.31. The van der Waals surface area contributed by atoms with E-state index < -0.39 is 5.97 Å². The van der Waals surface area contributed by atoms with Crippen LogP contribution in [0.15, 0.2) is 53.4 Å². The molecule has 0 spiro atoms. The largest absolute Gasteiger partial charge is 0.490 e. The molecule has 0 saturated heterocycles. The molecule has 0 fully saturated rings. The monoisotopic (exact) mass is 387 g/mol. The first kappa shape index (κ1) is 20.8. The quantitative estimate of drug-likeness (QED) is 0.402. The summed E-state index contributed by atoms with van der Waals surface area (Å²) in [6, 6.07) is 14.9. The van der Waals surface area contributed by atoms with Gasteiger partial charge in [-0.1, -0.05) is 29.8 Å². The van der Waals surface area contributed by atoms with Crippen molar-refractivity contribution in [2.24, 2.45) is 0 Å². The van der Waals surface area contributed by atoms with Crippen molar-refractivity contribution in [1.82, 2.24) is 5.32 Å². The maximum atomic E-state index is 12.4. The van der Waals surface area contributed by atoms with E-state index >= 15 is 0 Å². The van der Waals surface area contributed by atoms with Crippen molar-refractivity contribution in [2.75, 3.05) is 19.0 Å². The zero-order valence-corrected chi connectivity index (χ0v) is 16.7. The minimum Gasteiger partial charge on any atom is -0.490 e. The van der Waals surface area contributed by atoms with Gasteiger partial charge in [0.25, 0.3) is 0 Å². The summed E-state index contributed by atoms with van der Waals surface area (Å²) in [5, 5.41) is 2.83. The van der Waals surface area contributed by atoms with Crippen LogP contribution in [0, 0.1) is 6.92 Å². The van der Waals surface area contributed by atoms with E-state index in [1.807, 2.05) is 57.2 Å². The lowest BCUT2D eigenvalue weighted by atomic mass is 10.2. The summed E-state index contributed by atoms with van der Waals surface area (Å²) in [5.41, 5.74) is 1.61. The minimum atomic E-state index is -0.421. The number of ether oxygens (including phenoxy) is 2. The Hall–Kier alpha value is -2.47. The Labute approximate surface area is 164 Å². The fraction of sp³-hybridized carbons (Fsp3) is 0.333. The molecule has 0 atom stereocenters. The summed E-state index contributed by atoms with van der Waals surface area (Å²) in [5.74, 6) is 0.502. The fourth-order valence-electron chi connectivity index (χ4n) is 2.27. The summed E-state index contributed by atoms with van der Waals surface area (Å²) in [6.07, 6.45) is 0. The van der Waals surface area contributed by atoms with Crippen molar-refractivity contribution < 1.29 is 19.1 Å². The third kappa shape index (κ3) is 7.35. The van der Waals surface area contributed by atoms with Crippen LogP contribution in [0.1, 0.15) is 29.8 Å². The van der Waals surface area contributed by atoms with E-state index in [1.165, 1.54) is 11.8 Å². The molecule has 1 N–H and O–H groups in total. The van der Waals surface area contributed by atoms with Crippen LogP contribution in [0.3, 0.4) is 0 Å². The Kier molecular flexibility index (Phi) is 8.20. The van der Waals surface area contributed by atoms with E-state index in [0.29, 0.717) is 5.56 Å². The number of esters is 1. The highest BCUT2D eigenvalue weighted by Gasteiger charge is 2.14. The molecular formula is C21H25NO4S. The summed E-state index contributed by atoms with van der Waals surface area (Å²) >= 11 is 1.32. The number of carbonyl (C=O) groups excluding carboxylic acids is 2. The van der Waals surface area contributed by atoms with E-state index in [0.717, 1.165) is 16.2 Å². The lowest BCUT2D eigenvalue weighted by Gasteiger charge is -2.11. The Bertz CT molecular complexity index is 759. The van der Waals surface area contributed by atoms with Gasteiger partial charge in [0, 0.05) is 10.9 Å². The zero-order valence-electron chi connectivity index (χ0n) is 15.9. The van der Waals surface area contributed by atoms with E-state index in [-0.39, 0.29) is 30.9 Å². The smallest absolute Gasteiger partial charge is 0.339 e. The number of carbonyl (C=O) groups is 2. The summed E-state index contributed by atoms with van der Waals surface area (Å²) in [7, 11) is 0. The van der Waals surface area contributed by atoms with Crippen LogP contribution in [0.5, 0.6) is 5.75 Å². The van der Waals surface area contributed by atoms with Crippen LogP contribution in [-0.2, 0) is 9.53 Å². The van der Waals surface area contributed by atoms with Crippen molar-refractivity contribution in [1.29, 1.82) is 0 Å². The van der Waals surface area contributed by atoms with Crippen LogP contribution in [0.4, 0.5) is 0 Å². The predicted octanol–water partition coefficient (Wildman–Crippen LogP) is 3.85. The molecule has 2 aromatic rings. The van der Waals surface area contributed by atoms with E-state index in [1.54, 1.807) is 12.1 Å². The third-order valence-electron chi connectivity index (χ3n) is 3.52. The van der Waals surface area contributed by atoms with Gasteiger partial charge in [-0.2, -0.15) is 0 Å². The number of hydrogen-bond donors (Lipinski definition) is 1. The number of aryl methyl sites for hydroxylation is 1. The molecule has 0 saturated carbocycles. The van der Waals surface area contributed by atoms with Crippen molar-refractivity contribution in [3.63, 3.8) is 0 Å². The van der Waals surface area contributed by atoms with E-state index in [2.05, 4.69) is 5.32 Å². The van der Waals surface area contributed by atoms with Gasteiger partial charge in [-0.05, 0) is 45.0 Å². The molecule has 27 heavy (non-hydrogen) atoms. The highest BCUT2D eigenvalue weighted by molar-refractivity contribution is 8.00. The molecule has 2 aromatic carbocycles. The SMILES string of the molecule is Cc1ccc(OCCOC(=O)c2ccccc2SCC(=O)NC(C)C)cc1. The van der Waals surface area contributed by atoms with Gasteiger partial charge in [0.1, 0.15) is 19.0 Å². The van der Waals surface area contributed by atoms with Crippen molar-refractivity contribution in [3.8, 4) is 5.75 Å². The van der Waals surface area contributed by atoms with Crippen molar-refractivity contribution >= 4 is 23.6 Å². The van der Waals surface area contributed by atoms with Gasteiger partial charge >= 0.3 is 5.97 Å². The molecule has 0 aliphatic heterocycles. The van der Waals surface area contributed by atoms with Gasteiger partial charge in [0.15, 0.2) is 0 Å². The summed E-state index contributed by atoms with van der Waals surface area (Å²) < 4.78 is 10.9. The van der Waals surface area contributed by atoms with Crippen LogP contribution in [-0.4, -0.2) is 36.9 Å². The maximum absolute atomic E-state index is 12.4. The number of nitrogens with one attached hydrogen (secondary N) is 1. The van der Waals surface area contributed by atoms with E-state index in [9.17, 15) is 9.59 Å². The van der Waals surface area contributed by atoms with Gasteiger partial charge in [0.05, 0.1) is 11.3 Å². The Balaban J connectivity index is 1.83. The molecule has 0 aliphatic rings. The molecule has 0 aromatic heterocycles. The minimum absolute atomic E-state index is 0.0651. The molecule has 0 unspecified atom stereocenters. The lowest BCUT2D eigenvalue weighted by molar-refractivity contribution is -0.119. The van der Waals surface area contributed by atoms with Crippen molar-refractivity contribution in [3.05, 3.63) is 59.7 Å². The second-order valence-electron chi connectivity index (χ2n) is 6.30. The van der Waals surface area contributed by atoms with Crippen LogP contribution >= 0.6 is 11.8 Å². The maximum Gasteiger partial charge on any atom is 0.339 e. The van der Waals surface area contributed by atoms with E-state index in [4.69, 9.17) is 9.47 Å². The number of rotatable bonds is 9. The molecular weight excluding hydrogens is 362 g/mol. The number of hydrogen-bond acceptors (Lipinski definition) is 5. The van der Waals surface area contributed by atoms with Crippen LogP contribution in [0.25, 0.3) is 0 Å². The molecule has 144 valence electrons. The van der Waals surface area contributed by atoms with Gasteiger partial charge < -0.3 is 14.8 Å². The number of benzene rings is 2. The molecule has 0 radical (unpaired) electrons. The molecule has 0 heterocycles. The van der Waals surface area contributed by atoms with Crippen LogP contribution in [0.2, 0.25) is 0 Å². The first-order chi connectivity index (χ1) is 13.0. The predicted molar refractivity (Wildman–Crippen MR) is 107 cm³/mol. The third-order valence-corrected chi connectivity index (χ3v) is 4.60. The van der Waals surface area contributed by atoms with Gasteiger partial charge in [-0.25, -0.2) is 4.79 Å². The topological polar surface area (TPSA) is 64.6 Å². The normalized spacial score (nSPS) is 10.5. The van der Waals surface area contributed by atoms with Crippen LogP contribution < -0.4 is 10.1 Å². The summed E-state index contributed by atoms with van der Waals surface area (Å²) in [4.78, 5) is 24.9. The Morgan fingerprint density at radius 2 is 1.74 bits per heavy atom. The first-order valence-corrected chi connectivity index (χ1v) is 9.82. The highest BCUT2D eigenvalue weighted by atomic mass is 32.2. The molecule has 1 amide bonds. The molecule has 6 heteroatoms. The molecule has 5 nitrogen and oxygen atoms in total. The van der Waals surface area contributed by atoms with Gasteiger partial charge in [-0.15, -0.1) is 11.8 Å². The number of thioether (sulfide) groups is 1. The van der Waals surface area contributed by atoms with Gasteiger partial charge in [0.2, 0.25) is 5.91 Å². The summed E-state index contributed by atoms with van der Waals surface area (Å²) in [6.45, 7) is 6.26. The molecule has 0 aliphatic carbocycles. The average Bonchev–Trinajstić information content (AvgIpc) is 2.64. The standard InChI is InChI=1S/C21H25NO4S/c1-15(2)22-20(23)14-27-19-7-5-4-6-18(19)21(24)26-13-12-25-17-10-8-16(3)9-11-17/h4-11,15H,12-14H2,1-3H3,(H,22,23). The molecule has 0 bridgehead atoms. The second kappa shape index (κ2) is 10.6. The first-order valence-electron chi connectivity index (χ1n) is 8.83. The Morgan fingerprint density at radius 3 is 2.44 bits per heavy atom. The second-order valence-corrected chi connectivity index (χ2v) is 7.32. The Morgan fingerprint density at radius 1 is 1.04 bits per heavy atom. The fourth-order valence-corrected chi connectivity index (χ4v) is 3.13. The highest BCUT2D eigenvalue weighted by Crippen LogP contribution is 2.23. The van der Waals surface area contributed by atoms with Crippen molar-refractivity contribution in [2.45, 2.75) is 31.7 Å². The zero-order chi connectivity index (χ0) is 19.6. The molecule has 2 rings (SSSR count). The number of amides is 1.